The Morgan fingerprint density at radius 2 is 1.62 bits per heavy atom. The Hall–Kier alpha value is -3.07. The third-order valence-corrected chi connectivity index (χ3v) is 6.69. The summed E-state index contributed by atoms with van der Waals surface area (Å²) in [7, 11) is -3.95. The van der Waals surface area contributed by atoms with Gasteiger partial charge in [-0.1, -0.05) is 39.0 Å². The lowest BCUT2D eigenvalue weighted by Gasteiger charge is -2.32. The molecule has 2 amide bonds. The third-order valence-electron chi connectivity index (χ3n) is 5.23. The Balaban J connectivity index is 1.84. The van der Waals surface area contributed by atoms with Crippen LogP contribution in [-0.4, -0.2) is 37.5 Å². The average Bonchev–Trinajstić information content (AvgIpc) is 2.71. The van der Waals surface area contributed by atoms with Gasteiger partial charge in [-0.3, -0.25) is 9.52 Å². The van der Waals surface area contributed by atoms with Crippen molar-refractivity contribution in [3.05, 3.63) is 53.6 Å². The van der Waals surface area contributed by atoms with E-state index in [4.69, 9.17) is 4.74 Å². The molecule has 0 saturated carbocycles. The highest BCUT2D eigenvalue weighted by atomic mass is 32.2. The van der Waals surface area contributed by atoms with Crippen molar-refractivity contribution >= 4 is 33.4 Å². The van der Waals surface area contributed by atoms with E-state index in [9.17, 15) is 18.0 Å². The van der Waals surface area contributed by atoms with Gasteiger partial charge in [0.15, 0.2) is 0 Å². The number of anilines is 2. The maximum Gasteiger partial charge on any atom is 0.410 e. The highest BCUT2D eigenvalue weighted by Crippen LogP contribution is 2.29. The third kappa shape index (κ3) is 6.28. The number of fused-ring (bicyclic) bond motifs is 1. The summed E-state index contributed by atoms with van der Waals surface area (Å²) in [5.41, 5.74) is 1.05. The molecule has 0 aliphatic carbocycles. The molecule has 1 heterocycles. The normalized spacial score (nSPS) is 14.2. The highest BCUT2D eigenvalue weighted by Gasteiger charge is 2.30. The summed E-state index contributed by atoms with van der Waals surface area (Å²) in [6.45, 7) is 11.4. The van der Waals surface area contributed by atoms with Crippen LogP contribution in [0.25, 0.3) is 0 Å². The van der Waals surface area contributed by atoms with E-state index in [1.165, 1.54) is 11.0 Å². The van der Waals surface area contributed by atoms with Crippen molar-refractivity contribution in [2.75, 3.05) is 16.6 Å². The molecule has 0 saturated heterocycles. The summed E-state index contributed by atoms with van der Waals surface area (Å²) in [5, 5.41) is 2.80. The molecule has 0 bridgehead atoms. The lowest BCUT2D eigenvalue weighted by atomic mass is 9.95. The Kier molecular flexibility index (Phi) is 6.98. The molecular formula is C25H33N3O5S. The zero-order chi connectivity index (χ0) is 25.3. The maximum atomic E-state index is 13.3. The van der Waals surface area contributed by atoms with Crippen molar-refractivity contribution in [2.45, 2.75) is 65.0 Å². The van der Waals surface area contributed by atoms with Crippen molar-refractivity contribution in [3.8, 4) is 0 Å². The number of benzene rings is 2. The van der Waals surface area contributed by atoms with E-state index in [0.29, 0.717) is 29.9 Å². The van der Waals surface area contributed by atoms with E-state index in [-0.39, 0.29) is 17.3 Å². The van der Waals surface area contributed by atoms with Crippen molar-refractivity contribution in [1.82, 2.24) is 4.90 Å². The molecule has 1 aliphatic rings. The molecule has 0 unspecified atom stereocenters. The molecule has 0 spiro atoms. The largest absolute Gasteiger partial charge is 0.444 e. The van der Waals surface area contributed by atoms with Crippen molar-refractivity contribution < 1.29 is 22.7 Å². The molecular weight excluding hydrogens is 454 g/mol. The van der Waals surface area contributed by atoms with E-state index in [1.54, 1.807) is 71.9 Å². The molecule has 34 heavy (non-hydrogen) atoms. The first-order valence-corrected chi connectivity index (χ1v) is 12.7. The molecule has 2 N–H and O–H groups in total. The van der Waals surface area contributed by atoms with Crippen LogP contribution in [0.5, 0.6) is 0 Å². The zero-order valence-corrected chi connectivity index (χ0v) is 21.4. The molecule has 0 aromatic heterocycles. The summed E-state index contributed by atoms with van der Waals surface area (Å²) < 4.78 is 34.8. The molecule has 184 valence electrons. The van der Waals surface area contributed by atoms with Gasteiger partial charge in [-0.05, 0) is 62.6 Å². The molecule has 0 atom stereocenters. The van der Waals surface area contributed by atoms with Gasteiger partial charge in [0.05, 0.1) is 17.1 Å². The second-order valence-corrected chi connectivity index (χ2v) is 12.1. The number of sulfonamides is 1. The van der Waals surface area contributed by atoms with E-state index >= 15 is 0 Å². The number of hydrogen-bond donors (Lipinski definition) is 2. The molecule has 2 aromatic rings. The SMILES string of the molecule is CC(C)(C)OC(=O)N1CCc2cccc(S(=O)(=O)Nc3cccc(NC(=O)C(C)(C)C)c3)c2C1. The number of hydrogen-bond acceptors (Lipinski definition) is 5. The van der Waals surface area contributed by atoms with E-state index in [0.717, 1.165) is 5.56 Å². The maximum absolute atomic E-state index is 13.3. The van der Waals surface area contributed by atoms with Crippen LogP contribution in [-0.2, 0) is 32.5 Å². The summed E-state index contributed by atoms with van der Waals surface area (Å²) in [5.74, 6) is -0.174. The molecule has 8 nitrogen and oxygen atoms in total. The molecule has 9 heteroatoms. The minimum atomic E-state index is -3.95. The van der Waals surface area contributed by atoms with Gasteiger partial charge in [0.25, 0.3) is 10.0 Å². The minimum absolute atomic E-state index is 0.113. The van der Waals surface area contributed by atoms with Crippen LogP contribution in [0, 0.1) is 5.41 Å². The van der Waals surface area contributed by atoms with Gasteiger partial charge in [0.2, 0.25) is 5.91 Å². The van der Waals surface area contributed by atoms with Gasteiger partial charge in [-0.15, -0.1) is 0 Å². The first-order chi connectivity index (χ1) is 15.7. The summed E-state index contributed by atoms with van der Waals surface area (Å²) in [6, 6.07) is 11.7. The number of nitrogens with zero attached hydrogens (tertiary/aromatic N) is 1. The van der Waals surface area contributed by atoms with Gasteiger partial charge in [-0.25, -0.2) is 13.2 Å². The molecule has 0 fully saturated rings. The van der Waals surface area contributed by atoms with E-state index in [1.807, 2.05) is 6.07 Å². The second-order valence-electron chi connectivity index (χ2n) is 10.4. The monoisotopic (exact) mass is 487 g/mol. The molecule has 0 radical (unpaired) electrons. The minimum Gasteiger partial charge on any atom is -0.444 e. The smallest absolute Gasteiger partial charge is 0.410 e. The second kappa shape index (κ2) is 9.29. The predicted octanol–water partition coefficient (Wildman–Crippen LogP) is 4.77. The van der Waals surface area contributed by atoms with Crippen molar-refractivity contribution in [1.29, 1.82) is 0 Å². The first kappa shape index (κ1) is 25.6. The molecule has 2 aromatic carbocycles. The van der Waals surface area contributed by atoms with Crippen LogP contribution in [0.3, 0.4) is 0 Å². The lowest BCUT2D eigenvalue weighted by Crippen LogP contribution is -2.40. The van der Waals surface area contributed by atoms with E-state index < -0.39 is 27.1 Å². The summed E-state index contributed by atoms with van der Waals surface area (Å²) in [4.78, 5) is 26.5. The first-order valence-electron chi connectivity index (χ1n) is 11.2. The Bertz CT molecular complexity index is 1190. The fourth-order valence-electron chi connectivity index (χ4n) is 3.47. The summed E-state index contributed by atoms with van der Waals surface area (Å²) >= 11 is 0. The number of carbonyl (C=O) groups is 2. The van der Waals surface area contributed by atoms with E-state index in [2.05, 4.69) is 10.0 Å². The number of rotatable bonds is 4. The van der Waals surface area contributed by atoms with Gasteiger partial charge in [-0.2, -0.15) is 0 Å². The van der Waals surface area contributed by atoms with Gasteiger partial charge >= 0.3 is 6.09 Å². The van der Waals surface area contributed by atoms with Crippen molar-refractivity contribution in [3.63, 3.8) is 0 Å². The van der Waals surface area contributed by atoms with Gasteiger partial charge < -0.3 is 15.0 Å². The fraction of sp³-hybridized carbons (Fsp3) is 0.440. The van der Waals surface area contributed by atoms with Crippen LogP contribution in [0.15, 0.2) is 47.4 Å². The zero-order valence-electron chi connectivity index (χ0n) is 20.6. The lowest BCUT2D eigenvalue weighted by molar-refractivity contribution is -0.123. The Labute approximate surface area is 201 Å². The van der Waals surface area contributed by atoms with Crippen LogP contribution >= 0.6 is 0 Å². The average molecular weight is 488 g/mol. The quantitative estimate of drug-likeness (QED) is 0.647. The number of amides is 2. The van der Waals surface area contributed by atoms with Crippen LogP contribution in [0.1, 0.15) is 52.7 Å². The number of carbonyl (C=O) groups excluding carboxylic acids is 2. The van der Waals surface area contributed by atoms with Gasteiger partial charge in [0, 0.05) is 17.6 Å². The van der Waals surface area contributed by atoms with Crippen LogP contribution in [0.2, 0.25) is 0 Å². The molecule has 3 rings (SSSR count). The highest BCUT2D eigenvalue weighted by molar-refractivity contribution is 7.92. The van der Waals surface area contributed by atoms with Crippen LogP contribution in [0.4, 0.5) is 16.2 Å². The predicted molar refractivity (Wildman–Crippen MR) is 132 cm³/mol. The standard InChI is InChI=1S/C25H33N3O5S/c1-24(2,3)22(29)26-18-10-8-11-19(15-18)27-34(31,32)21-12-7-9-17-13-14-28(16-20(17)21)23(30)33-25(4,5)6/h7-12,15,27H,13-14,16H2,1-6H3,(H,26,29). The van der Waals surface area contributed by atoms with Crippen molar-refractivity contribution in [2.24, 2.45) is 5.41 Å². The van der Waals surface area contributed by atoms with Crippen LogP contribution < -0.4 is 10.0 Å². The summed E-state index contributed by atoms with van der Waals surface area (Å²) in [6.07, 6.45) is 0.0623. The Morgan fingerprint density at radius 1 is 0.971 bits per heavy atom. The molecule has 1 aliphatic heterocycles. The topological polar surface area (TPSA) is 105 Å². The van der Waals surface area contributed by atoms with Gasteiger partial charge in [0.1, 0.15) is 5.60 Å². The Morgan fingerprint density at radius 3 is 2.26 bits per heavy atom. The number of nitrogens with one attached hydrogen (secondary N) is 2. The number of ether oxygens (including phenoxy) is 1. The fourth-order valence-corrected chi connectivity index (χ4v) is 4.80.